The number of phenols is 1. The molecule has 1 N–H and O–H groups in total. The van der Waals surface area contributed by atoms with Crippen LogP contribution in [0.3, 0.4) is 0 Å². The van der Waals surface area contributed by atoms with E-state index in [4.69, 9.17) is 0 Å². The van der Waals surface area contributed by atoms with Gasteiger partial charge in [-0.1, -0.05) is 18.2 Å². The number of halogens is 3. The van der Waals surface area contributed by atoms with Crippen molar-refractivity contribution < 1.29 is 23.1 Å². The number of Topliss-reactive ketones (excluding diaryl/α,β-unsaturated/α-hetero) is 1. The van der Waals surface area contributed by atoms with E-state index in [0.717, 1.165) is 22.6 Å². The van der Waals surface area contributed by atoms with Crippen LogP contribution in [-0.4, -0.2) is 10.9 Å². The van der Waals surface area contributed by atoms with E-state index in [1.807, 2.05) is 0 Å². The number of carbonyl (C=O) groups is 1. The molecule has 128 valence electrons. The Morgan fingerprint density at radius 3 is 2.40 bits per heavy atom. The molecule has 1 heterocycles. The molecule has 0 radical (unpaired) electrons. The van der Waals surface area contributed by atoms with Gasteiger partial charge in [0.25, 0.3) is 0 Å². The maximum atomic E-state index is 12.7. The molecule has 0 aliphatic carbocycles. The van der Waals surface area contributed by atoms with E-state index in [-0.39, 0.29) is 18.0 Å². The van der Waals surface area contributed by atoms with Crippen molar-refractivity contribution >= 4 is 17.1 Å². The summed E-state index contributed by atoms with van der Waals surface area (Å²) in [6, 6.07) is 14.9. The minimum Gasteiger partial charge on any atom is -0.508 e. The van der Waals surface area contributed by atoms with E-state index in [2.05, 4.69) is 0 Å². The van der Waals surface area contributed by atoms with Gasteiger partial charge in [0.15, 0.2) is 5.78 Å². The Bertz CT molecular complexity index is 896. The first-order chi connectivity index (χ1) is 11.8. The van der Waals surface area contributed by atoms with E-state index in [9.17, 15) is 23.1 Å². The summed E-state index contributed by atoms with van der Waals surface area (Å²) in [6.45, 7) is 0. The molecule has 0 saturated carbocycles. The van der Waals surface area contributed by atoms with Crippen molar-refractivity contribution in [3.8, 4) is 16.2 Å². The van der Waals surface area contributed by atoms with E-state index in [1.54, 1.807) is 36.4 Å². The van der Waals surface area contributed by atoms with Crippen molar-refractivity contribution in [2.75, 3.05) is 0 Å². The van der Waals surface area contributed by atoms with E-state index in [0.29, 0.717) is 10.4 Å². The highest BCUT2D eigenvalue weighted by atomic mass is 32.1. The normalized spacial score (nSPS) is 11.5. The predicted molar refractivity (Wildman–Crippen MR) is 90.9 cm³/mol. The second-order valence-electron chi connectivity index (χ2n) is 5.51. The summed E-state index contributed by atoms with van der Waals surface area (Å²) < 4.78 is 38.2. The van der Waals surface area contributed by atoms with Gasteiger partial charge in [0, 0.05) is 11.3 Å². The lowest BCUT2D eigenvalue weighted by Gasteiger charge is -2.08. The minimum absolute atomic E-state index is 0.0839. The molecule has 0 aliphatic rings. The molecule has 0 bridgehead atoms. The molecule has 6 heteroatoms. The lowest BCUT2D eigenvalue weighted by atomic mass is 10.0. The molecule has 0 aliphatic heterocycles. The lowest BCUT2D eigenvalue weighted by molar-refractivity contribution is -0.137. The Morgan fingerprint density at radius 2 is 1.72 bits per heavy atom. The van der Waals surface area contributed by atoms with E-state index >= 15 is 0 Å². The topological polar surface area (TPSA) is 37.3 Å². The number of alkyl halides is 3. The zero-order valence-corrected chi connectivity index (χ0v) is 13.7. The van der Waals surface area contributed by atoms with Crippen LogP contribution in [-0.2, 0) is 12.6 Å². The van der Waals surface area contributed by atoms with Crippen molar-refractivity contribution in [3.05, 3.63) is 76.7 Å². The highest BCUT2D eigenvalue weighted by Gasteiger charge is 2.30. The van der Waals surface area contributed by atoms with Gasteiger partial charge in [0.2, 0.25) is 0 Å². The van der Waals surface area contributed by atoms with Crippen molar-refractivity contribution in [3.63, 3.8) is 0 Å². The molecule has 0 spiro atoms. The number of thiophene rings is 1. The van der Waals surface area contributed by atoms with Gasteiger partial charge < -0.3 is 5.11 Å². The van der Waals surface area contributed by atoms with Gasteiger partial charge >= 0.3 is 6.18 Å². The fourth-order valence-corrected chi connectivity index (χ4v) is 3.35. The largest absolute Gasteiger partial charge is 0.508 e. The fraction of sp³-hybridized carbons (Fsp3) is 0.105. The second-order valence-corrected chi connectivity index (χ2v) is 6.59. The summed E-state index contributed by atoms with van der Waals surface area (Å²) in [5, 5.41) is 9.31. The van der Waals surface area contributed by atoms with Crippen LogP contribution < -0.4 is 0 Å². The molecule has 25 heavy (non-hydrogen) atoms. The van der Waals surface area contributed by atoms with Crippen molar-refractivity contribution in [2.24, 2.45) is 0 Å². The zero-order valence-electron chi connectivity index (χ0n) is 12.9. The molecule has 0 fully saturated rings. The maximum absolute atomic E-state index is 12.7. The van der Waals surface area contributed by atoms with Gasteiger partial charge in [0.1, 0.15) is 5.75 Å². The number of phenolic OH excluding ortho intramolecular Hbond substituents is 1. The third-order valence-electron chi connectivity index (χ3n) is 3.65. The third-order valence-corrected chi connectivity index (χ3v) is 4.83. The van der Waals surface area contributed by atoms with Gasteiger partial charge in [-0.2, -0.15) is 13.2 Å². The molecule has 2 aromatic carbocycles. The van der Waals surface area contributed by atoms with Crippen LogP contribution in [0.25, 0.3) is 10.4 Å². The Morgan fingerprint density at radius 1 is 1.00 bits per heavy atom. The zero-order chi connectivity index (χ0) is 18.0. The highest BCUT2D eigenvalue weighted by molar-refractivity contribution is 7.17. The quantitative estimate of drug-likeness (QED) is 0.617. The Labute approximate surface area is 146 Å². The van der Waals surface area contributed by atoms with Gasteiger partial charge in [-0.15, -0.1) is 11.3 Å². The summed E-state index contributed by atoms with van der Waals surface area (Å²) >= 11 is 1.28. The van der Waals surface area contributed by atoms with Gasteiger partial charge in [0.05, 0.1) is 10.4 Å². The number of hydrogen-bond donors (Lipinski definition) is 1. The first kappa shape index (κ1) is 17.2. The van der Waals surface area contributed by atoms with Crippen LogP contribution in [0.1, 0.15) is 20.8 Å². The third kappa shape index (κ3) is 4.09. The van der Waals surface area contributed by atoms with Crippen LogP contribution in [0.4, 0.5) is 13.2 Å². The highest BCUT2D eigenvalue weighted by Crippen LogP contribution is 2.31. The number of hydrogen-bond acceptors (Lipinski definition) is 3. The molecule has 0 saturated heterocycles. The van der Waals surface area contributed by atoms with E-state index < -0.39 is 11.7 Å². The predicted octanol–water partition coefficient (Wildman–Crippen LogP) is 5.56. The molecular formula is C19H13F3O2S. The molecular weight excluding hydrogens is 349 g/mol. The molecule has 3 rings (SSSR count). The summed E-state index contributed by atoms with van der Waals surface area (Å²) in [6.07, 6.45) is -4.51. The second kappa shape index (κ2) is 6.72. The molecule has 3 aromatic rings. The lowest BCUT2D eigenvalue weighted by Crippen LogP contribution is -2.07. The smallest absolute Gasteiger partial charge is 0.416 e. The van der Waals surface area contributed by atoms with Gasteiger partial charge in [-0.3, -0.25) is 4.79 Å². The number of aromatic hydroxyl groups is 1. The summed E-state index contributed by atoms with van der Waals surface area (Å²) in [5.74, 6) is -0.0736. The van der Waals surface area contributed by atoms with Crippen LogP contribution >= 0.6 is 11.3 Å². The van der Waals surface area contributed by atoms with Gasteiger partial charge in [-0.05, 0) is 53.6 Å². The monoisotopic (exact) mass is 362 g/mol. The van der Waals surface area contributed by atoms with Crippen molar-refractivity contribution in [2.45, 2.75) is 12.6 Å². The summed E-state index contributed by atoms with van der Waals surface area (Å²) in [5.41, 5.74) is 0.439. The van der Waals surface area contributed by atoms with Crippen LogP contribution in [0.15, 0.2) is 60.7 Å². The minimum atomic E-state index is -4.42. The van der Waals surface area contributed by atoms with Crippen LogP contribution in [0, 0.1) is 0 Å². The van der Waals surface area contributed by atoms with Crippen LogP contribution in [0.2, 0.25) is 0 Å². The Kier molecular flexibility index (Phi) is 4.63. The summed E-state index contributed by atoms with van der Waals surface area (Å²) in [7, 11) is 0. The van der Waals surface area contributed by atoms with Crippen molar-refractivity contribution in [1.29, 1.82) is 0 Å². The molecule has 0 unspecified atom stereocenters. The number of ketones is 1. The summed E-state index contributed by atoms with van der Waals surface area (Å²) in [4.78, 5) is 13.7. The molecule has 0 atom stereocenters. The van der Waals surface area contributed by atoms with Gasteiger partial charge in [-0.25, -0.2) is 0 Å². The number of carbonyl (C=O) groups excluding carboxylic acids is 1. The average molecular weight is 362 g/mol. The number of benzene rings is 2. The fourth-order valence-electron chi connectivity index (χ4n) is 2.40. The number of rotatable bonds is 4. The maximum Gasteiger partial charge on any atom is 0.416 e. The van der Waals surface area contributed by atoms with E-state index in [1.165, 1.54) is 23.5 Å². The molecule has 0 amide bonds. The van der Waals surface area contributed by atoms with Crippen LogP contribution in [0.5, 0.6) is 5.75 Å². The SMILES string of the molecule is O=C(Cc1cccc(C(F)(F)F)c1)c1ccc(-c2ccc(O)cc2)s1. The first-order valence-electron chi connectivity index (χ1n) is 7.41. The molecule has 1 aromatic heterocycles. The Balaban J connectivity index is 1.77. The Hall–Kier alpha value is -2.60. The average Bonchev–Trinajstić information content (AvgIpc) is 3.05. The van der Waals surface area contributed by atoms with Crippen molar-refractivity contribution in [1.82, 2.24) is 0 Å². The standard InChI is InChI=1S/C19H13F3O2S/c20-19(21,22)14-3-1-2-12(10-14)11-16(24)18-9-8-17(25-18)13-4-6-15(23)7-5-13/h1-10,23H,11H2. The molecule has 2 nitrogen and oxygen atoms in total. The first-order valence-corrected chi connectivity index (χ1v) is 8.23.